The van der Waals surface area contributed by atoms with Gasteiger partial charge in [0.2, 0.25) is 0 Å². The fourth-order valence-corrected chi connectivity index (χ4v) is 4.85. The van der Waals surface area contributed by atoms with Crippen LogP contribution in [-0.4, -0.2) is 46.8 Å². The van der Waals surface area contributed by atoms with Crippen LogP contribution in [-0.2, 0) is 13.6 Å². The lowest BCUT2D eigenvalue weighted by atomic mass is 9.93. The molecule has 0 spiro atoms. The van der Waals surface area contributed by atoms with Gasteiger partial charge < -0.3 is 20.3 Å². The van der Waals surface area contributed by atoms with E-state index in [9.17, 15) is 4.79 Å². The van der Waals surface area contributed by atoms with Crippen molar-refractivity contribution in [3.8, 4) is 5.75 Å². The molecule has 7 nitrogen and oxygen atoms in total. The van der Waals surface area contributed by atoms with Gasteiger partial charge in [-0.1, -0.05) is 11.6 Å². The highest BCUT2D eigenvalue weighted by Crippen LogP contribution is 2.27. The Morgan fingerprint density at radius 3 is 2.80 bits per heavy atom. The molecule has 35 heavy (non-hydrogen) atoms. The number of aromatic nitrogens is 2. The van der Waals surface area contributed by atoms with Crippen molar-refractivity contribution in [3.63, 3.8) is 0 Å². The molecule has 0 unspecified atom stereocenters. The summed E-state index contributed by atoms with van der Waals surface area (Å²) >= 11 is 0. The monoisotopic (exact) mass is 477 g/mol. The lowest BCUT2D eigenvalue weighted by Gasteiger charge is -2.23. The van der Waals surface area contributed by atoms with Crippen LogP contribution in [0.4, 0.5) is 5.82 Å². The summed E-state index contributed by atoms with van der Waals surface area (Å²) < 4.78 is 7.90. The zero-order valence-electron chi connectivity index (χ0n) is 21.6. The third kappa shape index (κ3) is 6.34. The summed E-state index contributed by atoms with van der Waals surface area (Å²) in [5.74, 6) is 2.62. The van der Waals surface area contributed by atoms with E-state index in [1.165, 1.54) is 19.3 Å². The maximum Gasteiger partial charge on any atom is 0.254 e. The first-order valence-corrected chi connectivity index (χ1v) is 12.8. The summed E-state index contributed by atoms with van der Waals surface area (Å²) in [4.78, 5) is 15.4. The predicted molar refractivity (Wildman–Crippen MR) is 141 cm³/mol. The number of hydrogen-bond acceptors (Lipinski definition) is 5. The molecule has 0 radical (unpaired) electrons. The van der Waals surface area contributed by atoms with Gasteiger partial charge in [-0.25, -0.2) is 0 Å². The van der Waals surface area contributed by atoms with Crippen molar-refractivity contribution in [2.24, 2.45) is 13.0 Å². The molecule has 1 aromatic heterocycles. The van der Waals surface area contributed by atoms with E-state index in [0.29, 0.717) is 18.7 Å². The van der Waals surface area contributed by atoms with Crippen molar-refractivity contribution in [3.05, 3.63) is 64.5 Å². The highest BCUT2D eigenvalue weighted by atomic mass is 16.5. The summed E-state index contributed by atoms with van der Waals surface area (Å²) in [6.07, 6.45) is 10.8. The smallest absolute Gasteiger partial charge is 0.254 e. The highest BCUT2D eigenvalue weighted by Gasteiger charge is 2.25. The van der Waals surface area contributed by atoms with E-state index < -0.39 is 0 Å². The number of anilines is 1. The van der Waals surface area contributed by atoms with Crippen molar-refractivity contribution in [1.29, 1.82) is 0 Å². The van der Waals surface area contributed by atoms with Crippen LogP contribution in [0, 0.1) is 12.8 Å². The Morgan fingerprint density at radius 1 is 1.26 bits per heavy atom. The molecule has 1 fully saturated rings. The van der Waals surface area contributed by atoms with E-state index in [1.54, 1.807) is 0 Å². The molecule has 2 aliphatic heterocycles. The molecule has 0 saturated carbocycles. The number of hydrogen-bond donors (Lipinski definition) is 2. The molecular formula is C28H39N5O2. The Kier molecular flexibility index (Phi) is 8.29. The SMILES string of the molecule is C/C=C(C)\C=C1/CN(C(=O)c2ccc(OCCCC3CCNCC3)c(C)c2)Cc2cnn(C)c2N1. The van der Waals surface area contributed by atoms with Crippen LogP contribution in [0.15, 0.2) is 47.8 Å². The first-order chi connectivity index (χ1) is 16.9. The number of allylic oxidation sites excluding steroid dienone is 3. The second-order valence-corrected chi connectivity index (χ2v) is 9.79. The number of benzene rings is 1. The van der Waals surface area contributed by atoms with Crippen molar-refractivity contribution in [1.82, 2.24) is 20.0 Å². The van der Waals surface area contributed by atoms with E-state index in [2.05, 4.69) is 34.8 Å². The van der Waals surface area contributed by atoms with Crippen LogP contribution in [0.25, 0.3) is 0 Å². The average molecular weight is 478 g/mol. The summed E-state index contributed by atoms with van der Waals surface area (Å²) in [5, 5.41) is 11.3. The van der Waals surface area contributed by atoms with Crippen LogP contribution < -0.4 is 15.4 Å². The molecule has 2 aromatic rings. The zero-order chi connectivity index (χ0) is 24.8. The second kappa shape index (κ2) is 11.6. The van der Waals surface area contributed by atoms with Crippen molar-refractivity contribution in [2.45, 2.75) is 53.0 Å². The number of nitrogens with one attached hydrogen (secondary N) is 2. The number of rotatable bonds is 7. The molecule has 4 rings (SSSR count). The van der Waals surface area contributed by atoms with Gasteiger partial charge in [-0.05, 0) is 95.3 Å². The standard InChI is InChI=1S/C28H39N5O2/c1-5-20(2)15-25-19-33(18-24-17-30-32(4)27(24)31-25)28(34)23-8-9-26(21(3)16-23)35-14-6-7-22-10-12-29-13-11-22/h5,8-9,15-17,22,29,31H,6-7,10-14,18-19H2,1-4H3/b20-5-,25-15+. The van der Waals surface area contributed by atoms with Crippen LogP contribution in [0.3, 0.4) is 0 Å². The second-order valence-electron chi connectivity index (χ2n) is 9.79. The third-order valence-electron chi connectivity index (χ3n) is 7.06. The number of carbonyl (C=O) groups excluding carboxylic acids is 1. The highest BCUT2D eigenvalue weighted by molar-refractivity contribution is 5.95. The zero-order valence-corrected chi connectivity index (χ0v) is 21.6. The van der Waals surface area contributed by atoms with Gasteiger partial charge in [-0.15, -0.1) is 0 Å². The fraction of sp³-hybridized carbons (Fsp3) is 0.500. The van der Waals surface area contributed by atoms with Crippen LogP contribution >= 0.6 is 0 Å². The van der Waals surface area contributed by atoms with E-state index in [1.807, 2.05) is 54.9 Å². The van der Waals surface area contributed by atoms with Crippen LogP contribution in [0.1, 0.15) is 61.0 Å². The van der Waals surface area contributed by atoms with Gasteiger partial charge in [0.05, 0.1) is 25.9 Å². The topological polar surface area (TPSA) is 71.4 Å². The van der Waals surface area contributed by atoms with Gasteiger partial charge >= 0.3 is 0 Å². The van der Waals surface area contributed by atoms with Crippen molar-refractivity contribution < 1.29 is 9.53 Å². The van der Waals surface area contributed by atoms with E-state index in [0.717, 1.165) is 66.0 Å². The Balaban J connectivity index is 1.42. The first kappa shape index (κ1) is 25.0. The number of nitrogens with zero attached hydrogens (tertiary/aromatic N) is 3. The Morgan fingerprint density at radius 2 is 2.06 bits per heavy atom. The van der Waals surface area contributed by atoms with Crippen LogP contribution in [0.5, 0.6) is 5.75 Å². The summed E-state index contributed by atoms with van der Waals surface area (Å²) in [7, 11) is 1.91. The van der Waals surface area contributed by atoms with Gasteiger partial charge in [-0.3, -0.25) is 9.48 Å². The van der Waals surface area contributed by atoms with Crippen molar-refractivity contribution in [2.75, 3.05) is 31.6 Å². The van der Waals surface area contributed by atoms with Gasteiger partial charge in [0.15, 0.2) is 0 Å². The average Bonchev–Trinajstić information content (AvgIpc) is 3.09. The molecule has 188 valence electrons. The van der Waals surface area contributed by atoms with Gasteiger partial charge in [0, 0.05) is 23.9 Å². The first-order valence-electron chi connectivity index (χ1n) is 12.8. The van der Waals surface area contributed by atoms with Gasteiger partial charge in [-0.2, -0.15) is 5.10 Å². The minimum absolute atomic E-state index is 0.00749. The molecule has 3 heterocycles. The molecule has 0 bridgehead atoms. The molecule has 0 atom stereocenters. The quantitative estimate of drug-likeness (QED) is 0.560. The largest absolute Gasteiger partial charge is 0.493 e. The number of fused-ring (bicyclic) bond motifs is 1. The molecule has 1 aromatic carbocycles. The van der Waals surface area contributed by atoms with E-state index in [-0.39, 0.29) is 5.91 Å². The summed E-state index contributed by atoms with van der Waals surface area (Å²) in [5.41, 5.74) is 4.80. The number of aryl methyl sites for hydroxylation is 2. The minimum Gasteiger partial charge on any atom is -0.493 e. The van der Waals surface area contributed by atoms with Gasteiger partial charge in [0.25, 0.3) is 5.91 Å². The molecular weight excluding hydrogens is 438 g/mol. The fourth-order valence-electron chi connectivity index (χ4n) is 4.85. The molecule has 1 saturated heterocycles. The minimum atomic E-state index is 0.00749. The predicted octanol–water partition coefficient (Wildman–Crippen LogP) is 4.81. The number of amides is 1. The maximum atomic E-state index is 13.6. The number of carbonyl (C=O) groups is 1. The number of ether oxygens (including phenoxy) is 1. The van der Waals surface area contributed by atoms with E-state index in [4.69, 9.17) is 4.74 Å². The Bertz CT molecular complexity index is 1090. The lowest BCUT2D eigenvalue weighted by Crippen LogP contribution is -2.32. The van der Waals surface area contributed by atoms with Crippen molar-refractivity contribution >= 4 is 11.7 Å². The normalized spacial score (nSPS) is 18.2. The number of piperidine rings is 1. The molecule has 1 amide bonds. The third-order valence-corrected chi connectivity index (χ3v) is 7.06. The molecule has 2 N–H and O–H groups in total. The lowest BCUT2D eigenvalue weighted by molar-refractivity contribution is 0.0761. The van der Waals surface area contributed by atoms with E-state index >= 15 is 0 Å². The summed E-state index contributed by atoms with van der Waals surface area (Å²) in [6.45, 7) is 10.1. The summed E-state index contributed by atoms with van der Waals surface area (Å²) in [6, 6.07) is 5.79. The maximum absolute atomic E-state index is 13.6. The molecule has 0 aliphatic carbocycles. The van der Waals surface area contributed by atoms with Crippen LogP contribution in [0.2, 0.25) is 0 Å². The van der Waals surface area contributed by atoms with Gasteiger partial charge in [0.1, 0.15) is 11.6 Å². The Labute approximate surface area is 209 Å². The Hall–Kier alpha value is -3.06. The molecule has 2 aliphatic rings. The molecule has 7 heteroatoms.